The molecular formula is C17H21NO4S2. The summed E-state index contributed by atoms with van der Waals surface area (Å²) in [5, 5.41) is 9.53. The monoisotopic (exact) mass is 367 g/mol. The maximum absolute atomic E-state index is 13.0. The average Bonchev–Trinajstić information content (AvgIpc) is 2.92. The third kappa shape index (κ3) is 2.78. The second kappa shape index (κ2) is 6.54. The highest BCUT2D eigenvalue weighted by molar-refractivity contribution is 8.00. The molecule has 1 aromatic rings. The summed E-state index contributed by atoms with van der Waals surface area (Å²) in [7, 11) is 0. The SMILES string of the molecule is CSc1sc(C(=O)N2CCOCC2)c2c1C(=O)/C(=C/O)C(C)(C)C2. The summed E-state index contributed by atoms with van der Waals surface area (Å²) >= 11 is 2.87. The van der Waals surface area contributed by atoms with E-state index in [1.807, 2.05) is 20.1 Å². The molecule has 2 aliphatic rings. The Kier molecular flexibility index (Phi) is 4.77. The number of amides is 1. The summed E-state index contributed by atoms with van der Waals surface area (Å²) < 4.78 is 6.17. The maximum Gasteiger partial charge on any atom is 0.264 e. The van der Waals surface area contributed by atoms with E-state index in [-0.39, 0.29) is 11.7 Å². The molecule has 24 heavy (non-hydrogen) atoms. The lowest BCUT2D eigenvalue weighted by Crippen LogP contribution is -2.41. The van der Waals surface area contributed by atoms with Gasteiger partial charge < -0.3 is 14.7 Å². The average molecular weight is 367 g/mol. The molecule has 5 nitrogen and oxygen atoms in total. The number of allylic oxidation sites excluding steroid dienone is 1. The molecule has 0 bridgehead atoms. The molecule has 0 saturated carbocycles. The summed E-state index contributed by atoms with van der Waals surface area (Å²) in [6, 6.07) is 0. The van der Waals surface area contributed by atoms with Gasteiger partial charge in [-0.1, -0.05) is 13.8 Å². The molecule has 1 aliphatic carbocycles. The van der Waals surface area contributed by atoms with Crippen molar-refractivity contribution in [1.29, 1.82) is 0 Å². The predicted octanol–water partition coefficient (Wildman–Crippen LogP) is 3.15. The molecule has 1 N–H and O–H groups in total. The molecule has 1 aliphatic heterocycles. The van der Waals surface area contributed by atoms with Crippen LogP contribution in [0.5, 0.6) is 0 Å². The van der Waals surface area contributed by atoms with Gasteiger partial charge in [0.1, 0.15) is 0 Å². The van der Waals surface area contributed by atoms with Gasteiger partial charge in [-0.25, -0.2) is 0 Å². The zero-order chi connectivity index (χ0) is 17.5. The van der Waals surface area contributed by atoms with Gasteiger partial charge in [0.2, 0.25) is 0 Å². The van der Waals surface area contributed by atoms with Crippen molar-refractivity contribution >= 4 is 34.8 Å². The van der Waals surface area contributed by atoms with Crippen molar-refractivity contribution in [3.05, 3.63) is 27.8 Å². The van der Waals surface area contributed by atoms with Crippen LogP contribution in [-0.4, -0.2) is 54.3 Å². The number of aliphatic hydroxyl groups is 1. The van der Waals surface area contributed by atoms with E-state index in [9.17, 15) is 14.7 Å². The number of carbonyl (C=O) groups is 2. The van der Waals surface area contributed by atoms with Gasteiger partial charge in [0.05, 0.1) is 34.1 Å². The fourth-order valence-corrected chi connectivity index (χ4v) is 5.30. The number of fused-ring (bicyclic) bond motifs is 1. The molecule has 0 radical (unpaired) electrons. The second-order valence-corrected chi connectivity index (χ2v) is 8.71. The molecule has 3 rings (SSSR count). The van der Waals surface area contributed by atoms with Gasteiger partial charge in [0.15, 0.2) is 5.78 Å². The number of aliphatic hydroxyl groups excluding tert-OH is 1. The maximum atomic E-state index is 13.0. The normalized spacial score (nSPS) is 21.9. The van der Waals surface area contributed by atoms with Gasteiger partial charge in [-0.05, 0) is 18.2 Å². The first kappa shape index (κ1) is 17.5. The summed E-state index contributed by atoms with van der Waals surface area (Å²) in [6.07, 6.45) is 3.41. The highest BCUT2D eigenvalue weighted by Crippen LogP contribution is 2.47. The molecule has 0 unspecified atom stereocenters. The van der Waals surface area contributed by atoms with Crippen molar-refractivity contribution < 1.29 is 19.4 Å². The van der Waals surface area contributed by atoms with Crippen molar-refractivity contribution in [2.75, 3.05) is 32.6 Å². The van der Waals surface area contributed by atoms with Crippen molar-refractivity contribution in [1.82, 2.24) is 4.90 Å². The van der Waals surface area contributed by atoms with Gasteiger partial charge >= 0.3 is 0 Å². The Morgan fingerprint density at radius 3 is 2.62 bits per heavy atom. The van der Waals surface area contributed by atoms with Crippen LogP contribution < -0.4 is 0 Å². The number of thioether (sulfide) groups is 1. The van der Waals surface area contributed by atoms with Crippen LogP contribution in [0.4, 0.5) is 0 Å². The van der Waals surface area contributed by atoms with Crippen LogP contribution in [0.15, 0.2) is 16.0 Å². The fourth-order valence-electron chi connectivity index (χ4n) is 3.28. The van der Waals surface area contributed by atoms with Gasteiger partial charge in [-0.15, -0.1) is 23.1 Å². The number of nitrogens with zero attached hydrogens (tertiary/aromatic N) is 1. The largest absolute Gasteiger partial charge is 0.515 e. The lowest BCUT2D eigenvalue weighted by Gasteiger charge is -2.32. The Morgan fingerprint density at radius 2 is 2.04 bits per heavy atom. The Labute approximate surface area is 149 Å². The second-order valence-electron chi connectivity index (χ2n) is 6.61. The minimum atomic E-state index is -0.490. The molecule has 0 atom stereocenters. The molecule has 7 heteroatoms. The lowest BCUT2D eigenvalue weighted by molar-refractivity contribution is 0.0305. The summed E-state index contributed by atoms with van der Waals surface area (Å²) in [6.45, 7) is 6.12. The summed E-state index contributed by atoms with van der Waals surface area (Å²) in [4.78, 5) is 28.3. The van der Waals surface area contributed by atoms with Crippen molar-refractivity contribution in [2.45, 2.75) is 24.5 Å². The highest BCUT2D eigenvalue weighted by Gasteiger charge is 2.42. The molecule has 1 fully saturated rings. The molecule has 1 aromatic heterocycles. The van der Waals surface area contributed by atoms with Crippen molar-refractivity contribution in [3.8, 4) is 0 Å². The first-order chi connectivity index (χ1) is 11.4. The van der Waals surface area contributed by atoms with Crippen molar-refractivity contribution in [2.24, 2.45) is 5.41 Å². The van der Waals surface area contributed by atoms with E-state index in [4.69, 9.17) is 4.74 Å². The third-order valence-electron chi connectivity index (χ3n) is 4.60. The number of ketones is 1. The number of hydrogen-bond donors (Lipinski definition) is 1. The Hall–Kier alpha value is -1.31. The molecule has 0 aromatic carbocycles. The van der Waals surface area contributed by atoms with Crippen LogP contribution in [0.2, 0.25) is 0 Å². The minimum absolute atomic E-state index is 0.0140. The third-order valence-corrected chi connectivity index (χ3v) is 6.94. The number of thiophene rings is 1. The van der Waals surface area contributed by atoms with Crippen LogP contribution in [0.3, 0.4) is 0 Å². The Bertz CT molecular complexity index is 714. The van der Waals surface area contributed by atoms with E-state index in [2.05, 4.69) is 0 Å². The van der Waals surface area contributed by atoms with E-state index in [0.29, 0.717) is 48.7 Å². The van der Waals surface area contributed by atoms with Gasteiger partial charge in [0.25, 0.3) is 5.91 Å². The van der Waals surface area contributed by atoms with Gasteiger partial charge in [-0.2, -0.15) is 0 Å². The molecule has 130 valence electrons. The zero-order valence-corrected chi connectivity index (χ0v) is 15.7. The van der Waals surface area contributed by atoms with Gasteiger partial charge in [-0.3, -0.25) is 9.59 Å². The number of carbonyl (C=O) groups excluding carboxylic acids is 2. The smallest absolute Gasteiger partial charge is 0.264 e. The van der Waals surface area contributed by atoms with E-state index in [1.165, 1.54) is 23.1 Å². The zero-order valence-electron chi connectivity index (χ0n) is 14.0. The van der Waals surface area contributed by atoms with E-state index >= 15 is 0 Å². The summed E-state index contributed by atoms with van der Waals surface area (Å²) in [5.41, 5.74) is 1.36. The molecule has 2 heterocycles. The first-order valence-corrected chi connectivity index (χ1v) is 9.91. The van der Waals surface area contributed by atoms with Crippen LogP contribution in [0.25, 0.3) is 0 Å². The van der Waals surface area contributed by atoms with E-state index in [0.717, 1.165) is 16.0 Å². The number of morpholine rings is 1. The van der Waals surface area contributed by atoms with E-state index in [1.54, 1.807) is 4.90 Å². The van der Waals surface area contributed by atoms with Crippen LogP contribution >= 0.6 is 23.1 Å². The standard InChI is InChI=1S/C17H21NO4S2/c1-17(2)8-10-12(13(20)11(17)9-19)16(23-3)24-14(10)15(21)18-4-6-22-7-5-18/h9,19H,4-8H2,1-3H3/b11-9-. The fraction of sp³-hybridized carbons (Fsp3) is 0.529. The first-order valence-electron chi connectivity index (χ1n) is 7.87. The molecular weight excluding hydrogens is 346 g/mol. The van der Waals surface area contributed by atoms with E-state index < -0.39 is 5.41 Å². The molecule has 1 amide bonds. The Balaban J connectivity index is 2.08. The Morgan fingerprint density at radius 1 is 1.38 bits per heavy atom. The summed E-state index contributed by atoms with van der Waals surface area (Å²) in [5.74, 6) is -0.176. The molecule has 1 saturated heterocycles. The number of Topliss-reactive ketones (excluding diaryl/α,β-unsaturated/α-hetero) is 1. The topological polar surface area (TPSA) is 66.8 Å². The van der Waals surface area contributed by atoms with Crippen LogP contribution in [0.1, 0.15) is 39.4 Å². The van der Waals surface area contributed by atoms with Crippen LogP contribution in [0, 0.1) is 5.41 Å². The number of rotatable bonds is 2. The quantitative estimate of drug-likeness (QED) is 0.494. The van der Waals surface area contributed by atoms with Crippen molar-refractivity contribution in [3.63, 3.8) is 0 Å². The highest BCUT2D eigenvalue weighted by atomic mass is 32.2. The lowest BCUT2D eigenvalue weighted by atomic mass is 9.71. The van der Waals surface area contributed by atoms with Gasteiger partial charge in [0, 0.05) is 24.1 Å². The number of ether oxygens (including phenoxy) is 1. The van der Waals surface area contributed by atoms with Crippen LogP contribution in [-0.2, 0) is 11.2 Å². The number of hydrogen-bond acceptors (Lipinski definition) is 6. The minimum Gasteiger partial charge on any atom is -0.515 e. The predicted molar refractivity (Wildman–Crippen MR) is 95.3 cm³/mol. The molecule has 0 spiro atoms.